The number of thioether (sulfide) groups is 2. The van der Waals surface area contributed by atoms with Gasteiger partial charge in [-0.1, -0.05) is 50.2 Å². The van der Waals surface area contributed by atoms with Crippen molar-refractivity contribution in [3.05, 3.63) is 180 Å². The summed E-state index contributed by atoms with van der Waals surface area (Å²) in [5, 5.41) is 59.0. The van der Waals surface area contributed by atoms with Crippen molar-refractivity contribution in [2.45, 2.75) is 71.9 Å². The molecule has 7 rings (SSSR count). The van der Waals surface area contributed by atoms with Gasteiger partial charge in [0, 0.05) is 90.8 Å². The van der Waals surface area contributed by atoms with E-state index in [1.165, 1.54) is 61.6 Å². The first-order valence-corrected chi connectivity index (χ1v) is 30.4. The molecule has 28 nitrogen and oxygen atoms in total. The molecule has 7 aromatic rings. The number of nitrogens with zero attached hydrogens (tertiary/aromatic N) is 9. The number of carbonyl (C=O) groups excluding carboxylic acids is 2. The number of aliphatic carboxylic acids is 1. The van der Waals surface area contributed by atoms with Gasteiger partial charge in [-0.3, -0.25) is 48.7 Å². The Kier molecular flexibility index (Phi) is 35.1. The van der Waals surface area contributed by atoms with Crippen LogP contribution in [-0.2, 0) is 60.0 Å². The maximum absolute atomic E-state index is 11.7. The van der Waals surface area contributed by atoms with Gasteiger partial charge in [0.2, 0.25) is 11.9 Å². The molecule has 0 saturated carbocycles. The van der Waals surface area contributed by atoms with Crippen molar-refractivity contribution in [3.63, 3.8) is 0 Å². The number of hydrogen-bond donors (Lipinski definition) is 9. The maximum Gasteiger partial charge on any atom is 0.339 e. The molecule has 91 heavy (non-hydrogen) atoms. The number of ether oxygens (including phenoxy) is 1. The molecule has 1 amide bonds. The molecule has 0 aliphatic rings. The van der Waals surface area contributed by atoms with E-state index in [9.17, 15) is 38.9 Å². The van der Waals surface area contributed by atoms with Crippen LogP contribution in [-0.4, -0.2) is 136 Å². The number of nitro groups is 1. The molecule has 1 atom stereocenters. The number of aromatic carboxylic acids is 1. The number of guanidine groups is 1. The summed E-state index contributed by atoms with van der Waals surface area (Å²) in [5.41, 5.74) is 5.20. The predicted octanol–water partition coefficient (Wildman–Crippen LogP) is 6.76. The van der Waals surface area contributed by atoms with Crippen LogP contribution in [0, 0.1) is 34.4 Å². The van der Waals surface area contributed by atoms with Crippen molar-refractivity contribution in [1.82, 2.24) is 54.8 Å². The van der Waals surface area contributed by atoms with Gasteiger partial charge < -0.3 is 60.2 Å². The average molecular weight is 1300 g/mol. The van der Waals surface area contributed by atoms with Gasteiger partial charge in [0.05, 0.1) is 41.5 Å². The van der Waals surface area contributed by atoms with E-state index in [1.54, 1.807) is 93.8 Å². The topological polar surface area (TPSA) is 385 Å². The Morgan fingerprint density at radius 2 is 1.53 bits per heavy atom. The molecule has 30 heteroatoms. The summed E-state index contributed by atoms with van der Waals surface area (Å²) in [6.45, 7) is 12.9. The minimum atomic E-state index is -1.11. The fourth-order valence-corrected chi connectivity index (χ4v) is 9.09. The Bertz CT molecular complexity index is 3640. The number of aryl methyl sites for hydroxylation is 3. The van der Waals surface area contributed by atoms with Gasteiger partial charge in [0.15, 0.2) is 23.2 Å². The molecular formula is C61H83N15O13S2. The molecule has 3 aromatic carbocycles. The first kappa shape index (κ1) is 77.2. The third-order valence-corrected chi connectivity index (χ3v) is 13.9. The quantitative estimate of drug-likeness (QED) is 0.00323. The van der Waals surface area contributed by atoms with Crippen molar-refractivity contribution < 1.29 is 48.6 Å². The molecule has 0 saturated heterocycles. The van der Waals surface area contributed by atoms with Gasteiger partial charge in [-0.2, -0.15) is 28.8 Å². The molecule has 1 unspecified atom stereocenters. The van der Waals surface area contributed by atoms with Crippen LogP contribution in [0.2, 0.25) is 0 Å². The summed E-state index contributed by atoms with van der Waals surface area (Å²) in [5.74, 6) is 4.21. The van der Waals surface area contributed by atoms with Gasteiger partial charge in [0.25, 0.3) is 11.8 Å². The van der Waals surface area contributed by atoms with Gasteiger partial charge in [-0.05, 0) is 99.9 Å². The van der Waals surface area contributed by atoms with E-state index in [4.69, 9.17) is 25.0 Å². The molecule has 0 fully saturated rings. The first-order valence-electron chi connectivity index (χ1n) is 28.1. The van der Waals surface area contributed by atoms with Crippen molar-refractivity contribution in [2.75, 3.05) is 58.1 Å². The van der Waals surface area contributed by atoms with Gasteiger partial charge in [-0.25, -0.2) is 19.6 Å². The van der Waals surface area contributed by atoms with Crippen LogP contribution in [0.15, 0.2) is 129 Å². The average Bonchev–Trinajstić information content (AvgIpc) is 1.92. The Morgan fingerprint density at radius 1 is 0.901 bits per heavy atom. The molecule has 0 spiro atoms. The van der Waals surface area contributed by atoms with Crippen molar-refractivity contribution in [1.29, 1.82) is 5.26 Å². The van der Waals surface area contributed by atoms with E-state index < -0.39 is 28.7 Å². The number of phenols is 1. The third-order valence-electron chi connectivity index (χ3n) is 12.0. The summed E-state index contributed by atoms with van der Waals surface area (Å²) >= 11 is 3.50. The number of nitrogens with one attached hydrogen (secondary N) is 6. The van der Waals surface area contributed by atoms with Crippen LogP contribution in [0.1, 0.15) is 84.9 Å². The number of hydrogen-bond acceptors (Lipinski definition) is 20. The fourth-order valence-electron chi connectivity index (χ4n) is 7.47. The molecule has 0 bridgehead atoms. The van der Waals surface area contributed by atoms with Gasteiger partial charge in [-0.15, -0.1) is 0 Å². The van der Waals surface area contributed by atoms with E-state index in [1.807, 2.05) is 63.6 Å². The molecule has 0 aliphatic carbocycles. The predicted molar refractivity (Wildman–Crippen MR) is 353 cm³/mol. The highest BCUT2D eigenvalue weighted by Gasteiger charge is 2.15. The number of carbonyl (C=O) groups is 4. The minimum Gasteiger partial charge on any atom is -0.508 e. The second-order valence-electron chi connectivity index (χ2n) is 20.2. The number of esters is 1. The highest BCUT2D eigenvalue weighted by atomic mass is 32.2. The molecule has 0 radical (unpaired) electrons. The first-order chi connectivity index (χ1) is 43.1. The number of aliphatic imine (C=N–C) groups is 1. The summed E-state index contributed by atoms with van der Waals surface area (Å²) in [6.07, 6.45) is 7.02. The van der Waals surface area contributed by atoms with Gasteiger partial charge in [0.1, 0.15) is 28.6 Å². The number of para-hydroxylation sites is 1. The Hall–Kier alpha value is -9.86. The number of aromatic amines is 1. The summed E-state index contributed by atoms with van der Waals surface area (Å²) < 4.78 is 14.4. The number of phenolic OH excluding ortho intramolecular Hbond substituents is 1. The van der Waals surface area contributed by atoms with E-state index in [-0.39, 0.29) is 34.2 Å². The lowest BCUT2D eigenvalue weighted by molar-refractivity contribution is -0.404. The number of furan rings is 1. The van der Waals surface area contributed by atoms with E-state index in [2.05, 4.69) is 70.0 Å². The molecular weight excluding hydrogens is 1210 g/mol. The van der Waals surface area contributed by atoms with Crippen LogP contribution >= 0.6 is 23.5 Å². The number of nitriles is 1. The number of rotatable bonds is 22. The minimum absolute atomic E-state index is 0.0160. The number of fused-ring (bicyclic) bond motifs is 1. The molecule has 4 aromatic heterocycles. The zero-order valence-electron chi connectivity index (χ0n) is 53.4. The maximum atomic E-state index is 11.7. The number of carboxylic acid groups (broad SMARTS) is 2. The second-order valence-corrected chi connectivity index (χ2v) is 22.4. The van der Waals surface area contributed by atoms with Crippen molar-refractivity contribution >= 4 is 70.1 Å². The number of carboxylic acids is 2. The largest absolute Gasteiger partial charge is 0.508 e. The smallest absolute Gasteiger partial charge is 0.339 e. The monoisotopic (exact) mass is 1300 g/mol. The fraction of sp³-hybridized carbons (Fsp3) is 0.377. The summed E-state index contributed by atoms with van der Waals surface area (Å²) in [7, 11) is 12.0. The van der Waals surface area contributed by atoms with Crippen LogP contribution < -0.4 is 42.6 Å². The van der Waals surface area contributed by atoms with Crippen molar-refractivity contribution in [3.8, 4) is 17.7 Å². The van der Waals surface area contributed by atoms with Crippen molar-refractivity contribution in [2.24, 2.45) is 32.1 Å². The highest BCUT2D eigenvalue weighted by molar-refractivity contribution is 7.98. The lowest BCUT2D eigenvalue weighted by Gasteiger charge is -2.09. The standard InChI is InChI=1S/C13H22N4O3S.C13H18O2.C10H16N6S.C9H8O4.C8H10N4O2.C8H9NO2/c1-14-13(9-17(18)19)15-6-7-21-10-12-5-4-11(20-12)8-16(2)3;1-9(2)8-11-4-6-12(7-5-11)10(3)13(14)15;1-8-9(16-7-15-8)5-17-4-3-13-10(12-2)14-6-11;1-6(10)13-8-5-3-2-4-7(8)9(11)12;1-10-4-9-6-5(10)7(13)12(3)8(14)11(6)2;1-6(10)9-7-2-4-8(11)5-3-7/h4-5,9,14-15H,6-8,10H2,1-3H3;4-7,9-10H,8H2,1-3H3,(H,14,15);7H,3-5H2,1-2H3,(H,15,16)(H2,12,13,14);2-5H,1H3,(H,11,12);4H,1-3H3;2-5,11H,1H3,(H,9,10)/b13-9-;;;;;. The molecule has 4 heterocycles. The van der Waals surface area contributed by atoms with Crippen LogP contribution in [0.5, 0.6) is 11.5 Å². The molecule has 0 aliphatic heterocycles. The van der Waals surface area contributed by atoms with Crippen LogP contribution in [0.25, 0.3) is 11.2 Å². The van der Waals surface area contributed by atoms with Gasteiger partial charge >= 0.3 is 23.6 Å². The second kappa shape index (κ2) is 41.4. The van der Waals surface area contributed by atoms with E-state index in [0.717, 1.165) is 81.8 Å². The van der Waals surface area contributed by atoms with E-state index in [0.29, 0.717) is 41.1 Å². The number of aromatic nitrogens is 6. The summed E-state index contributed by atoms with van der Waals surface area (Å²) in [4.78, 5) is 92.7. The Balaban J connectivity index is 0.000000376. The Labute approximate surface area is 536 Å². The number of aromatic hydroxyl groups is 1. The summed E-state index contributed by atoms with van der Waals surface area (Å²) in [6, 6.07) is 24.1. The SMILES string of the molecule is CC(=O)Nc1ccc(O)cc1.CC(=O)Oc1ccccc1C(=O)O.CC(C)Cc1ccc(C(C)C(=O)O)cc1.CN/C(=C/[N+](=O)[O-])NCCSCc1ccc(CN(C)C)o1.CN=C(NC#N)NCCSCc1nc[nH]c1C.Cn1c(=O)c2c(ncn2C)n(C)c1=O. The third kappa shape index (κ3) is 29.8. The lowest BCUT2D eigenvalue weighted by atomic mass is 9.97. The zero-order chi connectivity index (χ0) is 68.2. The van der Waals surface area contributed by atoms with Crippen LogP contribution in [0.4, 0.5) is 5.69 Å². The molecule has 492 valence electrons. The number of benzene rings is 3. The highest BCUT2D eigenvalue weighted by Crippen LogP contribution is 2.20. The number of H-pyrrole nitrogens is 1. The zero-order valence-corrected chi connectivity index (χ0v) is 55.0. The number of amides is 1. The van der Waals surface area contributed by atoms with Crippen LogP contribution in [0.3, 0.4) is 0 Å². The normalized spacial score (nSPS) is 11.0. The number of imidazole rings is 2. The Morgan fingerprint density at radius 3 is 2.07 bits per heavy atom. The lowest BCUT2D eigenvalue weighted by Crippen LogP contribution is -2.37. The number of anilines is 1. The van der Waals surface area contributed by atoms with E-state index >= 15 is 0 Å². The molecule has 9 N–H and O–H groups in total.